The molecule has 19 heavy (non-hydrogen) atoms. The zero-order chi connectivity index (χ0) is 13.7. The van der Waals surface area contributed by atoms with Crippen LogP contribution in [0.15, 0.2) is 30.4 Å². The molecule has 0 radical (unpaired) electrons. The van der Waals surface area contributed by atoms with Crippen LogP contribution in [0.2, 0.25) is 5.02 Å². The molecule has 5 heteroatoms. The Morgan fingerprint density at radius 3 is 2.95 bits per heavy atom. The average Bonchev–Trinajstić information content (AvgIpc) is 2.41. The van der Waals surface area contributed by atoms with Crippen LogP contribution in [0.4, 0.5) is 5.69 Å². The van der Waals surface area contributed by atoms with E-state index in [0.717, 1.165) is 19.4 Å². The predicted octanol–water partition coefficient (Wildman–Crippen LogP) is 3.69. The van der Waals surface area contributed by atoms with Crippen LogP contribution in [0.5, 0.6) is 0 Å². The van der Waals surface area contributed by atoms with Crippen LogP contribution in [0.25, 0.3) is 0 Å². The van der Waals surface area contributed by atoms with Crippen molar-refractivity contribution in [3.8, 4) is 0 Å². The largest absolute Gasteiger partial charge is 0.312 e. The van der Waals surface area contributed by atoms with Gasteiger partial charge >= 0.3 is 0 Å². The van der Waals surface area contributed by atoms with Crippen LogP contribution in [0, 0.1) is 16.0 Å². The summed E-state index contributed by atoms with van der Waals surface area (Å²) in [6, 6.07) is 4.79. The van der Waals surface area contributed by atoms with Crippen LogP contribution in [-0.2, 0) is 6.54 Å². The molecule has 2 rings (SSSR count). The molecular formula is C14H17ClN2O2. The first-order valence-electron chi connectivity index (χ1n) is 6.46. The molecule has 0 fully saturated rings. The van der Waals surface area contributed by atoms with E-state index in [9.17, 15) is 10.1 Å². The Morgan fingerprint density at radius 2 is 2.26 bits per heavy atom. The number of nitrogens with zero attached hydrogens (tertiary/aromatic N) is 1. The lowest BCUT2D eigenvalue weighted by atomic mass is 9.94. The summed E-state index contributed by atoms with van der Waals surface area (Å²) in [7, 11) is 0. The number of hydrogen-bond acceptors (Lipinski definition) is 3. The molecule has 1 atom stereocenters. The van der Waals surface area contributed by atoms with Gasteiger partial charge in [0.15, 0.2) is 0 Å². The van der Waals surface area contributed by atoms with E-state index in [4.69, 9.17) is 11.6 Å². The van der Waals surface area contributed by atoms with Crippen molar-refractivity contribution in [2.75, 3.05) is 6.54 Å². The van der Waals surface area contributed by atoms with E-state index in [1.165, 1.54) is 12.5 Å². The molecule has 4 nitrogen and oxygen atoms in total. The normalized spacial score (nSPS) is 18.5. The first-order chi connectivity index (χ1) is 9.18. The fraction of sp³-hybridized carbons (Fsp3) is 0.429. The number of nitro benzene ring substituents is 1. The molecule has 0 aromatic heterocycles. The Labute approximate surface area is 117 Å². The van der Waals surface area contributed by atoms with Crippen LogP contribution in [0.1, 0.15) is 24.8 Å². The molecule has 0 bridgehead atoms. The summed E-state index contributed by atoms with van der Waals surface area (Å²) < 4.78 is 0. The topological polar surface area (TPSA) is 55.2 Å². The van der Waals surface area contributed by atoms with E-state index in [1.54, 1.807) is 12.1 Å². The Kier molecular flexibility index (Phi) is 4.93. The van der Waals surface area contributed by atoms with Crippen molar-refractivity contribution in [3.05, 3.63) is 51.1 Å². The van der Waals surface area contributed by atoms with Gasteiger partial charge in [-0.1, -0.05) is 29.8 Å². The second-order valence-corrected chi connectivity index (χ2v) is 5.18. The molecule has 0 amide bonds. The van der Waals surface area contributed by atoms with E-state index < -0.39 is 0 Å². The molecule has 0 aliphatic heterocycles. The summed E-state index contributed by atoms with van der Waals surface area (Å²) in [6.07, 6.45) is 7.79. The minimum absolute atomic E-state index is 0.0866. The molecular weight excluding hydrogens is 264 g/mol. The molecule has 1 aliphatic carbocycles. The van der Waals surface area contributed by atoms with Crippen LogP contribution < -0.4 is 5.32 Å². The SMILES string of the molecule is O=[N+]([O-])c1cccc(Cl)c1CNCC1CC=CCC1. The summed E-state index contributed by atoms with van der Waals surface area (Å²) in [4.78, 5) is 10.6. The van der Waals surface area contributed by atoms with Gasteiger partial charge in [0, 0.05) is 12.6 Å². The zero-order valence-corrected chi connectivity index (χ0v) is 11.4. The second kappa shape index (κ2) is 6.68. The summed E-state index contributed by atoms with van der Waals surface area (Å²) >= 11 is 6.04. The quantitative estimate of drug-likeness (QED) is 0.508. The van der Waals surface area contributed by atoms with Gasteiger partial charge < -0.3 is 5.32 Å². The number of nitro groups is 1. The summed E-state index contributed by atoms with van der Waals surface area (Å²) in [5.74, 6) is 0.617. The van der Waals surface area contributed by atoms with Crippen molar-refractivity contribution >= 4 is 17.3 Å². The van der Waals surface area contributed by atoms with Crippen LogP contribution >= 0.6 is 11.6 Å². The van der Waals surface area contributed by atoms with Gasteiger partial charge in [-0.25, -0.2) is 0 Å². The number of allylic oxidation sites excluding steroid dienone is 2. The molecule has 0 saturated heterocycles. The second-order valence-electron chi connectivity index (χ2n) is 4.78. The standard InChI is InChI=1S/C14H17ClN2O2/c15-13-7-4-8-14(17(18)19)12(13)10-16-9-11-5-2-1-3-6-11/h1-2,4,7-8,11,16H,3,5-6,9-10H2. The number of nitrogens with one attached hydrogen (secondary N) is 1. The number of benzene rings is 1. The van der Waals surface area contributed by atoms with Crippen molar-refractivity contribution in [1.82, 2.24) is 5.32 Å². The van der Waals surface area contributed by atoms with Gasteiger partial charge in [0.25, 0.3) is 5.69 Å². The Bertz CT molecular complexity index is 488. The average molecular weight is 281 g/mol. The summed E-state index contributed by atoms with van der Waals surface area (Å²) in [5, 5.41) is 14.7. The third-order valence-electron chi connectivity index (χ3n) is 3.40. The van der Waals surface area contributed by atoms with Crippen molar-refractivity contribution in [3.63, 3.8) is 0 Å². The highest BCUT2D eigenvalue weighted by molar-refractivity contribution is 6.31. The van der Waals surface area contributed by atoms with E-state index in [1.807, 2.05) is 0 Å². The van der Waals surface area contributed by atoms with E-state index in [0.29, 0.717) is 23.0 Å². The van der Waals surface area contributed by atoms with Gasteiger partial charge in [-0.05, 0) is 37.8 Å². The van der Waals surface area contributed by atoms with E-state index in [-0.39, 0.29) is 10.6 Å². The third-order valence-corrected chi connectivity index (χ3v) is 3.76. The molecule has 0 spiro atoms. The van der Waals surface area contributed by atoms with Gasteiger partial charge in [0.05, 0.1) is 15.5 Å². The third kappa shape index (κ3) is 3.78. The van der Waals surface area contributed by atoms with Gasteiger partial charge in [0.1, 0.15) is 0 Å². The molecule has 1 aromatic rings. The van der Waals surface area contributed by atoms with Crippen molar-refractivity contribution < 1.29 is 4.92 Å². The van der Waals surface area contributed by atoms with Crippen molar-refractivity contribution in [2.24, 2.45) is 5.92 Å². The predicted molar refractivity (Wildman–Crippen MR) is 76.3 cm³/mol. The highest BCUT2D eigenvalue weighted by atomic mass is 35.5. The van der Waals surface area contributed by atoms with Crippen molar-refractivity contribution in [1.29, 1.82) is 0 Å². The zero-order valence-electron chi connectivity index (χ0n) is 10.6. The summed E-state index contributed by atoms with van der Waals surface area (Å²) in [5.41, 5.74) is 0.657. The highest BCUT2D eigenvalue weighted by Crippen LogP contribution is 2.26. The molecule has 0 heterocycles. The lowest BCUT2D eigenvalue weighted by molar-refractivity contribution is -0.385. The smallest absolute Gasteiger partial charge is 0.275 e. The Morgan fingerprint density at radius 1 is 1.42 bits per heavy atom. The fourth-order valence-electron chi connectivity index (χ4n) is 2.34. The number of halogens is 1. The molecule has 0 saturated carbocycles. The number of rotatable bonds is 5. The lowest BCUT2D eigenvalue weighted by Gasteiger charge is -2.18. The molecule has 1 N–H and O–H groups in total. The Balaban J connectivity index is 1.95. The maximum Gasteiger partial charge on any atom is 0.275 e. The van der Waals surface area contributed by atoms with Gasteiger partial charge in [0.2, 0.25) is 0 Å². The first kappa shape index (κ1) is 14.0. The minimum Gasteiger partial charge on any atom is -0.312 e. The minimum atomic E-state index is -0.383. The van der Waals surface area contributed by atoms with E-state index in [2.05, 4.69) is 17.5 Å². The van der Waals surface area contributed by atoms with Gasteiger partial charge in [-0.3, -0.25) is 10.1 Å². The fourth-order valence-corrected chi connectivity index (χ4v) is 2.57. The lowest BCUT2D eigenvalue weighted by Crippen LogP contribution is -2.23. The molecule has 1 aliphatic rings. The van der Waals surface area contributed by atoms with Gasteiger partial charge in [-0.15, -0.1) is 0 Å². The Hall–Kier alpha value is -1.39. The highest BCUT2D eigenvalue weighted by Gasteiger charge is 2.16. The maximum atomic E-state index is 10.9. The molecule has 102 valence electrons. The molecule has 1 aromatic carbocycles. The van der Waals surface area contributed by atoms with Crippen LogP contribution in [0.3, 0.4) is 0 Å². The monoisotopic (exact) mass is 280 g/mol. The van der Waals surface area contributed by atoms with E-state index >= 15 is 0 Å². The number of hydrogen-bond donors (Lipinski definition) is 1. The first-order valence-corrected chi connectivity index (χ1v) is 6.83. The van der Waals surface area contributed by atoms with Crippen LogP contribution in [-0.4, -0.2) is 11.5 Å². The van der Waals surface area contributed by atoms with Crippen molar-refractivity contribution in [2.45, 2.75) is 25.8 Å². The molecule has 1 unspecified atom stereocenters. The van der Waals surface area contributed by atoms with Gasteiger partial charge in [-0.2, -0.15) is 0 Å². The maximum absolute atomic E-state index is 10.9. The summed E-state index contributed by atoms with van der Waals surface area (Å²) in [6.45, 7) is 1.31.